The number of methoxy groups -OCH3 is 1. The van der Waals surface area contributed by atoms with Gasteiger partial charge in [-0.1, -0.05) is 44.6 Å². The second-order valence-corrected chi connectivity index (χ2v) is 6.53. The molecule has 3 N–H and O–H groups in total. The number of benzene rings is 1. The molecule has 1 aliphatic carbocycles. The third-order valence-electron chi connectivity index (χ3n) is 3.85. The summed E-state index contributed by atoms with van der Waals surface area (Å²) in [5, 5.41) is 16.0. The minimum Gasteiger partial charge on any atom is -0.494 e. The van der Waals surface area contributed by atoms with Gasteiger partial charge in [0.1, 0.15) is 5.03 Å². The van der Waals surface area contributed by atoms with Gasteiger partial charge in [0.15, 0.2) is 11.6 Å². The Hall–Kier alpha value is -0.848. The van der Waals surface area contributed by atoms with Gasteiger partial charge < -0.3 is 4.74 Å². The molecule has 0 spiro atoms. The minimum absolute atomic E-state index is 0. The van der Waals surface area contributed by atoms with Crippen LogP contribution in [0.15, 0.2) is 41.6 Å². The number of rotatable bonds is 3. The summed E-state index contributed by atoms with van der Waals surface area (Å²) in [5.74, 6) is -1.90. The molecule has 0 amide bonds. The monoisotopic (exact) mass is 637 g/mol. The molecule has 1 heterocycles. The zero-order chi connectivity index (χ0) is 20.1. The average Bonchev–Trinajstić information content (AvgIpc) is 2.72. The van der Waals surface area contributed by atoms with E-state index in [1.807, 2.05) is 0 Å². The van der Waals surface area contributed by atoms with Crippen LogP contribution in [0.3, 0.4) is 0 Å². The van der Waals surface area contributed by atoms with E-state index in [1.165, 1.54) is 57.8 Å². The second-order valence-electron chi connectivity index (χ2n) is 5.87. The minimum atomic E-state index is -0.940. The zero-order valence-corrected chi connectivity index (χ0v) is 21.2. The Labute approximate surface area is 193 Å². The Bertz CT molecular complexity index is 666. The molecule has 28 heavy (non-hydrogen) atoms. The van der Waals surface area contributed by atoms with Gasteiger partial charge in [0.05, 0.1) is 12.8 Å². The first-order valence-electron chi connectivity index (χ1n) is 8.73. The van der Waals surface area contributed by atoms with Gasteiger partial charge in [-0.15, -0.1) is 0 Å². The van der Waals surface area contributed by atoms with Crippen molar-refractivity contribution in [3.05, 3.63) is 48.2 Å². The number of hydrogen-bond acceptors (Lipinski definition) is 6. The van der Waals surface area contributed by atoms with E-state index in [1.54, 1.807) is 25.4 Å². The maximum absolute atomic E-state index is 12.5. The van der Waals surface area contributed by atoms with E-state index in [0.717, 1.165) is 23.1 Å². The topological polar surface area (TPSA) is 71.6 Å². The van der Waals surface area contributed by atoms with E-state index >= 15 is 0 Å². The molecule has 5 nitrogen and oxygen atoms in total. The summed E-state index contributed by atoms with van der Waals surface area (Å²) in [4.78, 5) is 3.94. The fourth-order valence-electron chi connectivity index (χ4n) is 2.37. The molecule has 1 aromatic heterocycles. The standard InChI is InChI=1S/C7H6F2O.C6H9N3OS.C6H12.U/c1-10-6-4-2-3-5(8)7(6)9;1-9(10)5-2-3-8-6(4-5)11-7;1-2-4-6-5-3-1;/h2-4H,1H3;2-4,10H,7H2,1H3;1-6H2;. The largest absolute Gasteiger partial charge is 0.494 e. The van der Waals surface area contributed by atoms with Gasteiger partial charge in [-0.25, -0.2) is 9.37 Å². The van der Waals surface area contributed by atoms with Crippen molar-refractivity contribution in [2.45, 2.75) is 43.6 Å². The first-order valence-corrected chi connectivity index (χ1v) is 9.61. The molecule has 0 atom stereocenters. The Kier molecular flexibility index (Phi) is 15.5. The Morgan fingerprint density at radius 1 is 1.11 bits per heavy atom. The van der Waals surface area contributed by atoms with Gasteiger partial charge in [0, 0.05) is 44.4 Å². The smallest absolute Gasteiger partial charge is 0.200 e. The van der Waals surface area contributed by atoms with Crippen LogP contribution in [0.4, 0.5) is 14.5 Å². The summed E-state index contributed by atoms with van der Waals surface area (Å²) in [5.41, 5.74) is 0.674. The van der Waals surface area contributed by atoms with E-state index in [2.05, 4.69) is 9.72 Å². The van der Waals surface area contributed by atoms with E-state index in [9.17, 15) is 8.78 Å². The fourth-order valence-corrected chi connectivity index (χ4v) is 2.68. The van der Waals surface area contributed by atoms with Gasteiger partial charge in [0.2, 0.25) is 5.82 Å². The van der Waals surface area contributed by atoms with Crippen molar-refractivity contribution >= 4 is 17.6 Å². The van der Waals surface area contributed by atoms with E-state index in [4.69, 9.17) is 10.3 Å². The van der Waals surface area contributed by atoms with Crippen LogP contribution in [0.5, 0.6) is 5.75 Å². The van der Waals surface area contributed by atoms with Crippen LogP contribution in [0.25, 0.3) is 0 Å². The summed E-state index contributed by atoms with van der Waals surface area (Å²) in [6.45, 7) is 0. The zero-order valence-electron chi connectivity index (χ0n) is 16.2. The number of anilines is 1. The summed E-state index contributed by atoms with van der Waals surface area (Å²) in [6.07, 6.45) is 10.6. The summed E-state index contributed by atoms with van der Waals surface area (Å²) in [6, 6.07) is 7.18. The van der Waals surface area contributed by atoms with Gasteiger partial charge in [-0.3, -0.25) is 15.4 Å². The number of hydrogen-bond donors (Lipinski definition) is 2. The predicted molar refractivity (Wildman–Crippen MR) is 105 cm³/mol. The first-order chi connectivity index (χ1) is 13.0. The molecule has 1 aromatic carbocycles. The number of nitrogens with two attached hydrogens (primary N) is 1. The molecule has 0 saturated heterocycles. The quantitative estimate of drug-likeness (QED) is 0.357. The summed E-state index contributed by atoms with van der Waals surface area (Å²) >= 11 is 1.05. The van der Waals surface area contributed by atoms with Crippen LogP contribution < -0.4 is 14.9 Å². The van der Waals surface area contributed by atoms with Crippen LogP contribution in [-0.2, 0) is 0 Å². The van der Waals surface area contributed by atoms with Crippen LogP contribution in [0.2, 0.25) is 0 Å². The van der Waals surface area contributed by atoms with Crippen molar-refractivity contribution < 1.29 is 49.8 Å². The van der Waals surface area contributed by atoms with E-state index in [0.29, 0.717) is 10.7 Å². The molecule has 1 aliphatic rings. The predicted octanol–water partition coefficient (Wildman–Crippen LogP) is 5.19. The summed E-state index contributed by atoms with van der Waals surface area (Å²) in [7, 11) is 2.83. The molecular formula is C19H27F2N3O2SU. The van der Waals surface area contributed by atoms with Gasteiger partial charge in [0.25, 0.3) is 0 Å². The van der Waals surface area contributed by atoms with Crippen LogP contribution in [-0.4, -0.2) is 24.3 Å². The molecule has 0 radical (unpaired) electrons. The van der Waals surface area contributed by atoms with Crippen molar-refractivity contribution in [1.82, 2.24) is 4.98 Å². The molecule has 0 unspecified atom stereocenters. The van der Waals surface area contributed by atoms with Crippen molar-refractivity contribution in [1.29, 1.82) is 0 Å². The van der Waals surface area contributed by atoms with Crippen molar-refractivity contribution in [2.24, 2.45) is 5.14 Å². The van der Waals surface area contributed by atoms with Crippen LogP contribution in [0.1, 0.15) is 38.5 Å². The third-order valence-corrected chi connectivity index (χ3v) is 4.31. The molecule has 1 fully saturated rings. The number of aromatic nitrogens is 1. The Morgan fingerprint density at radius 3 is 2.11 bits per heavy atom. The van der Waals surface area contributed by atoms with Gasteiger partial charge in [-0.2, -0.15) is 4.39 Å². The van der Waals surface area contributed by atoms with E-state index < -0.39 is 11.6 Å². The SMILES string of the molecule is C1CCCCC1.CN(O)c1ccnc(SN)c1.COc1cccc(F)c1F.[U]. The van der Waals surface area contributed by atoms with Crippen LogP contribution in [0, 0.1) is 42.7 Å². The average molecular weight is 638 g/mol. The Morgan fingerprint density at radius 2 is 1.68 bits per heavy atom. The molecule has 0 bridgehead atoms. The van der Waals surface area contributed by atoms with Gasteiger partial charge in [-0.05, 0) is 36.2 Å². The third kappa shape index (κ3) is 10.6. The van der Waals surface area contributed by atoms with Gasteiger partial charge >= 0.3 is 0 Å². The normalized spacial score (nSPS) is 12.4. The van der Waals surface area contributed by atoms with Crippen molar-refractivity contribution in [2.75, 3.05) is 19.2 Å². The maximum atomic E-state index is 12.5. The molecule has 154 valence electrons. The second kappa shape index (κ2) is 16.0. The number of hydroxylamine groups is 1. The number of nitrogens with zero attached hydrogens (tertiary/aromatic N) is 2. The molecule has 0 aliphatic heterocycles. The molecule has 1 saturated carbocycles. The molecule has 3 rings (SSSR count). The fraction of sp³-hybridized carbons (Fsp3) is 0.421. The maximum Gasteiger partial charge on any atom is 0.200 e. The molecule has 9 heteroatoms. The van der Waals surface area contributed by atoms with Crippen LogP contribution >= 0.6 is 11.9 Å². The molecule has 2 aromatic rings. The van der Waals surface area contributed by atoms with Crippen molar-refractivity contribution in [3.8, 4) is 5.75 Å². The van der Waals surface area contributed by atoms with E-state index in [-0.39, 0.29) is 36.9 Å². The molecular weight excluding hydrogens is 610 g/mol. The number of ether oxygens (including phenoxy) is 1. The first kappa shape index (κ1) is 27.2. The number of halogens is 2. The summed E-state index contributed by atoms with van der Waals surface area (Å²) < 4.78 is 29.3. The Balaban J connectivity index is 0.000000398. The number of pyridine rings is 1. The van der Waals surface area contributed by atoms with Crippen molar-refractivity contribution in [3.63, 3.8) is 0 Å².